The van der Waals surface area contributed by atoms with Crippen LogP contribution in [0.25, 0.3) is 0 Å². The molecule has 0 unspecified atom stereocenters. The van der Waals surface area contributed by atoms with Gasteiger partial charge in [0.2, 0.25) is 5.91 Å². The molecule has 6 heteroatoms. The van der Waals surface area contributed by atoms with Crippen molar-refractivity contribution in [3.8, 4) is 0 Å². The molecule has 1 rings (SSSR count). The molecule has 100 valence electrons. The summed E-state index contributed by atoms with van der Waals surface area (Å²) in [7, 11) is 0. The molecule has 1 N–H and O–H groups in total. The van der Waals surface area contributed by atoms with E-state index in [1.165, 1.54) is 0 Å². The lowest BCUT2D eigenvalue weighted by Crippen LogP contribution is -2.45. The third-order valence-corrected chi connectivity index (χ3v) is 2.43. The van der Waals surface area contributed by atoms with E-state index in [0.717, 1.165) is 17.7 Å². The quantitative estimate of drug-likeness (QED) is 0.781. The van der Waals surface area contributed by atoms with Gasteiger partial charge in [-0.1, -0.05) is 13.8 Å². The summed E-state index contributed by atoms with van der Waals surface area (Å²) in [6, 6.07) is 0.325. The third-order valence-electron chi connectivity index (χ3n) is 2.43. The van der Waals surface area contributed by atoms with E-state index in [1.54, 1.807) is 13.8 Å². The Morgan fingerprint density at radius 2 is 2.00 bits per heavy atom. The Morgan fingerprint density at radius 1 is 1.41 bits per heavy atom. The molecule has 1 fully saturated rings. The average molecular weight is 252 g/mol. The zero-order valence-electron chi connectivity index (χ0n) is 10.2. The lowest BCUT2D eigenvalue weighted by Gasteiger charge is -2.25. The molecule has 0 aromatic carbocycles. The lowest BCUT2D eigenvalue weighted by atomic mass is 10.2. The molecule has 1 aliphatic rings. The summed E-state index contributed by atoms with van der Waals surface area (Å²) in [5.41, 5.74) is 0. The molecular weight excluding hydrogens is 233 g/mol. The van der Waals surface area contributed by atoms with E-state index in [2.05, 4.69) is 5.32 Å². The fourth-order valence-corrected chi connectivity index (χ4v) is 1.54. The zero-order valence-corrected chi connectivity index (χ0v) is 10.2. The maximum Gasteiger partial charge on any atom is 0.406 e. The van der Waals surface area contributed by atoms with Gasteiger partial charge in [0.05, 0.1) is 6.54 Å². The minimum Gasteiger partial charge on any atom is -0.332 e. The van der Waals surface area contributed by atoms with Crippen molar-refractivity contribution in [3.63, 3.8) is 0 Å². The number of rotatable bonds is 6. The summed E-state index contributed by atoms with van der Waals surface area (Å²) < 4.78 is 36.9. The van der Waals surface area contributed by atoms with Gasteiger partial charge in [0, 0.05) is 12.6 Å². The zero-order chi connectivity index (χ0) is 13.1. The van der Waals surface area contributed by atoms with Crippen LogP contribution in [0.3, 0.4) is 0 Å². The minimum atomic E-state index is -4.33. The molecule has 3 nitrogen and oxygen atoms in total. The maximum absolute atomic E-state index is 12.3. The second kappa shape index (κ2) is 5.71. The Hall–Kier alpha value is -0.780. The molecule has 1 saturated carbocycles. The Balaban J connectivity index is 2.44. The Kier molecular flexibility index (Phi) is 4.80. The summed E-state index contributed by atoms with van der Waals surface area (Å²) in [5.74, 6) is -0.440. The van der Waals surface area contributed by atoms with Crippen molar-refractivity contribution in [3.05, 3.63) is 0 Å². The first-order valence-electron chi connectivity index (χ1n) is 5.86. The van der Waals surface area contributed by atoms with Gasteiger partial charge in [0.25, 0.3) is 0 Å². The first-order chi connectivity index (χ1) is 7.78. The van der Waals surface area contributed by atoms with E-state index < -0.39 is 18.6 Å². The SMILES string of the molecule is CC(C)CN(CC(F)(F)F)C(=O)CNC1CC1. The molecule has 1 aliphatic carbocycles. The van der Waals surface area contributed by atoms with Gasteiger partial charge in [-0.05, 0) is 18.8 Å². The van der Waals surface area contributed by atoms with Gasteiger partial charge in [0.1, 0.15) is 6.54 Å². The number of carbonyl (C=O) groups excluding carboxylic acids is 1. The van der Waals surface area contributed by atoms with E-state index in [0.29, 0.717) is 6.04 Å². The molecule has 0 aromatic rings. The highest BCUT2D eigenvalue weighted by Crippen LogP contribution is 2.19. The summed E-state index contributed by atoms with van der Waals surface area (Å²) in [6.07, 6.45) is -2.31. The molecule has 1 amide bonds. The molecule has 0 aromatic heterocycles. The predicted molar refractivity (Wildman–Crippen MR) is 58.5 cm³/mol. The number of alkyl halides is 3. The standard InChI is InChI=1S/C11H19F3N2O/c1-8(2)6-16(7-11(12,13)14)10(17)5-15-9-3-4-9/h8-9,15H,3-7H2,1-2H3. The number of hydrogen-bond donors (Lipinski definition) is 1. The first-order valence-corrected chi connectivity index (χ1v) is 5.86. The average Bonchev–Trinajstić information content (AvgIpc) is 2.93. The van der Waals surface area contributed by atoms with Gasteiger partial charge < -0.3 is 10.2 Å². The van der Waals surface area contributed by atoms with Crippen LogP contribution in [0, 0.1) is 5.92 Å². The Morgan fingerprint density at radius 3 is 2.41 bits per heavy atom. The van der Waals surface area contributed by atoms with Crippen LogP contribution in [0.4, 0.5) is 13.2 Å². The van der Waals surface area contributed by atoms with E-state index in [1.807, 2.05) is 0 Å². The van der Waals surface area contributed by atoms with Gasteiger partial charge >= 0.3 is 6.18 Å². The topological polar surface area (TPSA) is 32.3 Å². The minimum absolute atomic E-state index is 0.00741. The van der Waals surface area contributed by atoms with Gasteiger partial charge in [-0.15, -0.1) is 0 Å². The van der Waals surface area contributed by atoms with Crippen LogP contribution in [0.2, 0.25) is 0 Å². The van der Waals surface area contributed by atoms with Crippen molar-refractivity contribution in [2.24, 2.45) is 5.92 Å². The van der Waals surface area contributed by atoms with Crippen LogP contribution in [0.5, 0.6) is 0 Å². The monoisotopic (exact) mass is 252 g/mol. The van der Waals surface area contributed by atoms with Gasteiger partial charge in [-0.3, -0.25) is 4.79 Å². The highest BCUT2D eigenvalue weighted by Gasteiger charge is 2.33. The molecule has 0 aliphatic heterocycles. The van der Waals surface area contributed by atoms with Crippen LogP contribution in [0.15, 0.2) is 0 Å². The molecule has 17 heavy (non-hydrogen) atoms. The van der Waals surface area contributed by atoms with Crippen molar-refractivity contribution in [1.82, 2.24) is 10.2 Å². The number of halogens is 3. The third kappa shape index (κ3) is 6.51. The Labute approximate surface area is 99.4 Å². The first kappa shape index (κ1) is 14.3. The van der Waals surface area contributed by atoms with Crippen molar-refractivity contribution < 1.29 is 18.0 Å². The molecule has 0 bridgehead atoms. The smallest absolute Gasteiger partial charge is 0.332 e. The number of nitrogens with zero attached hydrogens (tertiary/aromatic N) is 1. The van der Waals surface area contributed by atoms with Crippen molar-refractivity contribution >= 4 is 5.91 Å². The highest BCUT2D eigenvalue weighted by atomic mass is 19.4. The molecule has 0 heterocycles. The normalized spacial score (nSPS) is 16.4. The molecular formula is C11H19F3N2O. The van der Waals surface area contributed by atoms with E-state index in [-0.39, 0.29) is 19.0 Å². The summed E-state index contributed by atoms with van der Waals surface area (Å²) in [5, 5.41) is 2.94. The highest BCUT2D eigenvalue weighted by molar-refractivity contribution is 5.78. The van der Waals surface area contributed by atoms with Crippen molar-refractivity contribution in [2.75, 3.05) is 19.6 Å². The molecule has 0 saturated heterocycles. The van der Waals surface area contributed by atoms with Gasteiger partial charge in [0.15, 0.2) is 0 Å². The number of nitrogens with one attached hydrogen (secondary N) is 1. The fourth-order valence-electron chi connectivity index (χ4n) is 1.54. The number of carbonyl (C=O) groups is 1. The van der Waals surface area contributed by atoms with Crippen LogP contribution >= 0.6 is 0 Å². The maximum atomic E-state index is 12.3. The summed E-state index contributed by atoms with van der Waals surface area (Å²) >= 11 is 0. The molecule has 0 radical (unpaired) electrons. The van der Waals surface area contributed by atoms with E-state index in [9.17, 15) is 18.0 Å². The van der Waals surface area contributed by atoms with Crippen LogP contribution in [-0.4, -0.2) is 42.7 Å². The Bertz CT molecular complexity index is 262. The second-order valence-electron chi connectivity index (χ2n) is 4.94. The van der Waals surface area contributed by atoms with Crippen molar-refractivity contribution in [2.45, 2.75) is 38.9 Å². The van der Waals surface area contributed by atoms with E-state index in [4.69, 9.17) is 0 Å². The summed E-state index contributed by atoms with van der Waals surface area (Å²) in [4.78, 5) is 12.5. The van der Waals surface area contributed by atoms with E-state index >= 15 is 0 Å². The van der Waals surface area contributed by atoms with Crippen LogP contribution in [0.1, 0.15) is 26.7 Å². The second-order valence-corrected chi connectivity index (χ2v) is 4.94. The van der Waals surface area contributed by atoms with Crippen LogP contribution < -0.4 is 5.32 Å². The molecule has 0 atom stereocenters. The van der Waals surface area contributed by atoms with Crippen molar-refractivity contribution in [1.29, 1.82) is 0 Å². The van der Waals surface area contributed by atoms with Crippen LogP contribution in [-0.2, 0) is 4.79 Å². The molecule has 0 spiro atoms. The number of hydrogen-bond acceptors (Lipinski definition) is 2. The largest absolute Gasteiger partial charge is 0.406 e. The lowest BCUT2D eigenvalue weighted by molar-refractivity contribution is -0.161. The van der Waals surface area contributed by atoms with Gasteiger partial charge in [-0.2, -0.15) is 13.2 Å². The number of amides is 1. The fraction of sp³-hybridized carbons (Fsp3) is 0.909. The predicted octanol–water partition coefficient (Wildman–Crippen LogP) is 1.79. The van der Waals surface area contributed by atoms with Gasteiger partial charge in [-0.25, -0.2) is 0 Å². The summed E-state index contributed by atoms with van der Waals surface area (Å²) in [6.45, 7) is 2.59.